The van der Waals surface area contributed by atoms with Crippen molar-refractivity contribution in [3.8, 4) is 0 Å². The van der Waals surface area contributed by atoms with Gasteiger partial charge < -0.3 is 10.6 Å². The van der Waals surface area contributed by atoms with Crippen LogP contribution in [0, 0.1) is 6.92 Å². The summed E-state index contributed by atoms with van der Waals surface area (Å²) in [6, 6.07) is 18.1. The minimum atomic E-state index is -0.541. The monoisotopic (exact) mass is 504 g/mol. The number of unbranched alkanes of at least 4 members (excludes halogenated alkanes) is 1. The molecule has 0 aliphatic heterocycles. The normalized spacial score (nSPS) is 10.9. The largest absolute Gasteiger partial charge is 0.351 e. The van der Waals surface area contributed by atoms with E-state index in [4.69, 9.17) is 0 Å². The van der Waals surface area contributed by atoms with Gasteiger partial charge in [0.05, 0.1) is 17.4 Å². The number of aryl methyl sites for hydroxylation is 1. The van der Waals surface area contributed by atoms with Crippen LogP contribution in [0.25, 0.3) is 10.9 Å². The highest BCUT2D eigenvalue weighted by atomic mass is 32.1. The molecule has 2 N–H and O–H groups in total. The fourth-order valence-corrected chi connectivity index (χ4v) is 4.68. The zero-order valence-electron chi connectivity index (χ0n) is 20.0. The molecule has 0 saturated heterocycles. The molecular formula is C27H28N4O4S. The lowest BCUT2D eigenvalue weighted by Gasteiger charge is -2.14. The highest BCUT2D eigenvalue weighted by Crippen LogP contribution is 2.12. The first kappa shape index (κ1) is 25.1. The van der Waals surface area contributed by atoms with E-state index in [0.29, 0.717) is 42.4 Å². The van der Waals surface area contributed by atoms with E-state index < -0.39 is 11.2 Å². The van der Waals surface area contributed by atoms with Gasteiger partial charge >= 0.3 is 5.69 Å². The second-order valence-electron chi connectivity index (χ2n) is 8.57. The van der Waals surface area contributed by atoms with Crippen LogP contribution in [0.5, 0.6) is 0 Å². The Morgan fingerprint density at radius 3 is 2.53 bits per heavy atom. The molecule has 0 aliphatic carbocycles. The van der Waals surface area contributed by atoms with Crippen LogP contribution in [-0.2, 0) is 29.2 Å². The summed E-state index contributed by atoms with van der Waals surface area (Å²) in [5.41, 5.74) is 1.12. The topological polar surface area (TPSA) is 102 Å². The van der Waals surface area contributed by atoms with E-state index in [1.165, 1.54) is 4.57 Å². The number of hydrogen-bond donors (Lipinski definition) is 2. The average molecular weight is 505 g/mol. The number of para-hydroxylation sites is 1. The third-order valence-corrected chi connectivity index (χ3v) is 6.69. The van der Waals surface area contributed by atoms with Gasteiger partial charge in [-0.1, -0.05) is 30.3 Å². The number of thiophene rings is 1. The van der Waals surface area contributed by atoms with Crippen LogP contribution in [0.15, 0.2) is 75.6 Å². The van der Waals surface area contributed by atoms with E-state index >= 15 is 0 Å². The number of fused-ring (bicyclic) bond motifs is 1. The second kappa shape index (κ2) is 11.6. The molecule has 0 fully saturated rings. The Kier molecular flexibility index (Phi) is 8.12. The van der Waals surface area contributed by atoms with Crippen molar-refractivity contribution in [1.82, 2.24) is 14.5 Å². The predicted molar refractivity (Wildman–Crippen MR) is 142 cm³/mol. The summed E-state index contributed by atoms with van der Waals surface area (Å²) in [7, 11) is 0. The van der Waals surface area contributed by atoms with Crippen molar-refractivity contribution >= 4 is 39.7 Å². The maximum absolute atomic E-state index is 13.3. The molecular weight excluding hydrogens is 476 g/mol. The first-order valence-corrected chi connectivity index (χ1v) is 12.7. The minimum absolute atomic E-state index is 0.0699. The summed E-state index contributed by atoms with van der Waals surface area (Å²) in [5.74, 6) is -0.431. The van der Waals surface area contributed by atoms with E-state index in [2.05, 4.69) is 10.6 Å². The van der Waals surface area contributed by atoms with Crippen LogP contribution in [0.4, 0.5) is 5.69 Å². The van der Waals surface area contributed by atoms with Crippen molar-refractivity contribution in [1.29, 1.82) is 0 Å². The molecule has 8 nitrogen and oxygen atoms in total. The third-order valence-electron chi connectivity index (χ3n) is 5.81. The van der Waals surface area contributed by atoms with Crippen LogP contribution in [0.3, 0.4) is 0 Å². The molecule has 186 valence electrons. The molecule has 0 radical (unpaired) electrons. The number of nitrogens with one attached hydrogen (secondary N) is 2. The molecule has 0 aliphatic rings. The summed E-state index contributed by atoms with van der Waals surface area (Å²) < 4.78 is 2.49. The number of anilines is 1. The van der Waals surface area contributed by atoms with Crippen molar-refractivity contribution in [2.45, 2.75) is 45.8 Å². The van der Waals surface area contributed by atoms with E-state index in [-0.39, 0.29) is 24.9 Å². The number of aromatic nitrogens is 2. The molecule has 0 atom stereocenters. The van der Waals surface area contributed by atoms with E-state index in [1.54, 1.807) is 41.7 Å². The lowest BCUT2D eigenvalue weighted by Crippen LogP contribution is -2.41. The molecule has 2 amide bonds. The van der Waals surface area contributed by atoms with Gasteiger partial charge in [0.1, 0.15) is 6.54 Å². The molecule has 4 aromatic rings. The first-order valence-electron chi connectivity index (χ1n) is 11.8. The maximum Gasteiger partial charge on any atom is 0.331 e. The fraction of sp³-hybridized carbons (Fsp3) is 0.259. The smallest absolute Gasteiger partial charge is 0.331 e. The predicted octanol–water partition coefficient (Wildman–Crippen LogP) is 3.66. The number of carbonyl (C=O) groups excluding carboxylic acids is 2. The van der Waals surface area contributed by atoms with Crippen molar-refractivity contribution < 1.29 is 9.59 Å². The summed E-state index contributed by atoms with van der Waals surface area (Å²) in [5, 5.41) is 8.02. The van der Waals surface area contributed by atoms with Crippen molar-refractivity contribution in [2.24, 2.45) is 0 Å². The van der Waals surface area contributed by atoms with Crippen molar-refractivity contribution in [3.05, 3.63) is 97.3 Å². The maximum atomic E-state index is 13.3. The summed E-state index contributed by atoms with van der Waals surface area (Å²) in [6.45, 7) is 2.37. The van der Waals surface area contributed by atoms with E-state index in [9.17, 15) is 19.2 Å². The highest BCUT2D eigenvalue weighted by molar-refractivity contribution is 7.09. The van der Waals surface area contributed by atoms with Gasteiger partial charge in [-0.05, 0) is 61.0 Å². The molecule has 9 heteroatoms. The molecule has 0 unspecified atom stereocenters. The molecule has 36 heavy (non-hydrogen) atoms. The highest BCUT2D eigenvalue weighted by Gasteiger charge is 2.15. The number of amides is 2. The molecule has 0 bridgehead atoms. The van der Waals surface area contributed by atoms with Crippen LogP contribution in [-0.4, -0.2) is 20.9 Å². The lowest BCUT2D eigenvalue weighted by atomic mass is 10.2. The molecule has 2 aromatic heterocycles. The number of carbonyl (C=O) groups is 2. The second-order valence-corrected chi connectivity index (χ2v) is 9.61. The van der Waals surface area contributed by atoms with Crippen LogP contribution >= 0.6 is 11.3 Å². The van der Waals surface area contributed by atoms with Gasteiger partial charge in [-0.15, -0.1) is 11.3 Å². The molecule has 4 rings (SSSR count). The Morgan fingerprint density at radius 1 is 0.917 bits per heavy atom. The molecule has 0 saturated carbocycles. The Labute approximate surface area is 212 Å². The Morgan fingerprint density at radius 2 is 1.75 bits per heavy atom. The van der Waals surface area contributed by atoms with Gasteiger partial charge in [0.15, 0.2) is 0 Å². The van der Waals surface area contributed by atoms with E-state index in [1.807, 2.05) is 42.6 Å². The zero-order chi connectivity index (χ0) is 25.5. The van der Waals surface area contributed by atoms with Gasteiger partial charge in [-0.3, -0.25) is 23.5 Å². The van der Waals surface area contributed by atoms with Gasteiger partial charge in [-0.2, -0.15) is 0 Å². The molecule has 0 spiro atoms. The molecule has 2 heterocycles. The summed E-state index contributed by atoms with van der Waals surface area (Å²) in [4.78, 5) is 52.3. The van der Waals surface area contributed by atoms with Crippen LogP contribution in [0.1, 0.15) is 29.7 Å². The van der Waals surface area contributed by atoms with E-state index in [0.717, 1.165) is 15.0 Å². The van der Waals surface area contributed by atoms with Gasteiger partial charge in [-0.25, -0.2) is 4.79 Å². The zero-order valence-corrected chi connectivity index (χ0v) is 20.8. The number of rotatable bonds is 10. The van der Waals surface area contributed by atoms with Gasteiger partial charge in [0, 0.05) is 23.5 Å². The standard InChI is InChI=1S/C27H28N4O4S/c1-19-8-6-9-20(16-19)29-25(33)18-31-23-12-3-2-11-22(23)26(34)30(27(31)35)14-5-4-13-24(32)28-17-21-10-7-15-36-21/h2-3,6-12,15-16H,4-5,13-14,17-18H2,1H3,(H,28,32)(H,29,33). The van der Waals surface area contributed by atoms with Crippen molar-refractivity contribution in [2.75, 3.05) is 5.32 Å². The van der Waals surface area contributed by atoms with Crippen molar-refractivity contribution in [3.63, 3.8) is 0 Å². The number of benzene rings is 2. The van der Waals surface area contributed by atoms with Gasteiger partial charge in [0.2, 0.25) is 11.8 Å². The first-order chi connectivity index (χ1) is 17.4. The Hall–Kier alpha value is -3.98. The fourth-order valence-electron chi connectivity index (χ4n) is 4.03. The summed E-state index contributed by atoms with van der Waals surface area (Å²) >= 11 is 1.58. The molecule has 2 aromatic carbocycles. The van der Waals surface area contributed by atoms with Crippen LogP contribution < -0.4 is 21.9 Å². The lowest BCUT2D eigenvalue weighted by molar-refractivity contribution is -0.121. The average Bonchev–Trinajstić information content (AvgIpc) is 3.39. The van der Waals surface area contributed by atoms with Gasteiger partial charge in [0.25, 0.3) is 5.56 Å². The SMILES string of the molecule is Cc1cccc(NC(=O)Cn2c(=O)n(CCCCC(=O)NCc3cccs3)c(=O)c3ccccc32)c1. The number of nitrogens with zero attached hydrogens (tertiary/aromatic N) is 2. The Balaban J connectivity index is 1.45. The third kappa shape index (κ3) is 6.17. The van der Waals surface area contributed by atoms with Crippen LogP contribution in [0.2, 0.25) is 0 Å². The Bertz CT molecular complexity index is 1490. The quantitative estimate of drug-likeness (QED) is 0.322. The number of hydrogen-bond acceptors (Lipinski definition) is 5. The summed E-state index contributed by atoms with van der Waals surface area (Å²) in [6.07, 6.45) is 1.32. The minimum Gasteiger partial charge on any atom is -0.351 e.